The molecule has 0 fully saturated rings. The number of fused-ring (bicyclic) bond motifs is 4. The largest absolute Gasteiger partial charge is 0.477 e. The Morgan fingerprint density at radius 1 is 1.26 bits per heavy atom. The predicted octanol–water partition coefficient (Wildman–Crippen LogP) is 4.52. The third-order valence-corrected chi connectivity index (χ3v) is 6.17. The van der Waals surface area contributed by atoms with E-state index in [2.05, 4.69) is 16.9 Å². The standard InChI is InChI=1S/C18H23N3OS/c1-3-5-9-13-11-7-6-8-12(11)14-15-16(23-18(14)21-13)17(22-4-2)20-10-19-15/h10,14,18H,3-9H2,1-2H3. The average molecular weight is 329 g/mol. The molecule has 5 heteroatoms. The SMILES string of the molecule is CCCCC1=NC2Sc3c(OCC)ncnc3C2C2=C1CCC2. The van der Waals surface area contributed by atoms with Crippen LogP contribution in [0.25, 0.3) is 0 Å². The van der Waals surface area contributed by atoms with Gasteiger partial charge in [0.15, 0.2) is 0 Å². The molecule has 3 heterocycles. The highest BCUT2D eigenvalue weighted by Gasteiger charge is 2.44. The number of aromatic nitrogens is 2. The second kappa shape index (κ2) is 6.27. The minimum Gasteiger partial charge on any atom is -0.477 e. The third-order valence-electron chi connectivity index (χ3n) is 4.93. The van der Waals surface area contributed by atoms with Crippen molar-refractivity contribution < 1.29 is 4.74 Å². The molecule has 0 saturated heterocycles. The summed E-state index contributed by atoms with van der Waals surface area (Å²) in [7, 11) is 0. The van der Waals surface area contributed by atoms with Crippen molar-refractivity contribution >= 4 is 17.5 Å². The lowest BCUT2D eigenvalue weighted by Gasteiger charge is -2.26. The molecule has 4 nitrogen and oxygen atoms in total. The molecule has 0 amide bonds. The highest BCUT2D eigenvalue weighted by Crippen LogP contribution is 2.56. The van der Waals surface area contributed by atoms with Crippen LogP contribution < -0.4 is 4.74 Å². The van der Waals surface area contributed by atoms with Crippen LogP contribution in [0, 0.1) is 0 Å². The zero-order valence-electron chi connectivity index (χ0n) is 13.8. The summed E-state index contributed by atoms with van der Waals surface area (Å²) in [6.45, 7) is 4.89. The van der Waals surface area contributed by atoms with E-state index in [1.54, 1.807) is 29.2 Å². The second-order valence-corrected chi connectivity index (χ2v) is 7.48. The fourth-order valence-electron chi connectivity index (χ4n) is 3.94. The normalized spacial score (nSPS) is 25.0. The van der Waals surface area contributed by atoms with Gasteiger partial charge < -0.3 is 4.74 Å². The summed E-state index contributed by atoms with van der Waals surface area (Å²) in [5.74, 6) is 1.09. The Morgan fingerprint density at radius 3 is 3.00 bits per heavy atom. The van der Waals surface area contributed by atoms with Gasteiger partial charge in [0.1, 0.15) is 11.7 Å². The minimum absolute atomic E-state index is 0.240. The minimum atomic E-state index is 0.240. The molecule has 3 aliphatic rings. The number of ether oxygens (including phenoxy) is 1. The molecule has 1 aromatic heterocycles. The van der Waals surface area contributed by atoms with Crippen molar-refractivity contribution in [2.24, 2.45) is 4.99 Å². The molecule has 0 bridgehead atoms. The molecule has 0 aromatic carbocycles. The van der Waals surface area contributed by atoms with Crippen LogP contribution in [0.3, 0.4) is 0 Å². The zero-order valence-corrected chi connectivity index (χ0v) is 14.7. The maximum atomic E-state index is 5.72. The van der Waals surface area contributed by atoms with Gasteiger partial charge in [0.25, 0.3) is 0 Å². The first-order chi connectivity index (χ1) is 11.3. The van der Waals surface area contributed by atoms with E-state index in [1.807, 2.05) is 6.92 Å². The number of hydrogen-bond donors (Lipinski definition) is 0. The molecule has 0 radical (unpaired) electrons. The highest BCUT2D eigenvalue weighted by atomic mass is 32.2. The molecule has 0 N–H and O–H groups in total. The molecular formula is C18H23N3OS. The van der Waals surface area contributed by atoms with Gasteiger partial charge in [-0.25, -0.2) is 9.97 Å². The van der Waals surface area contributed by atoms with Crippen molar-refractivity contribution in [1.29, 1.82) is 0 Å². The van der Waals surface area contributed by atoms with Gasteiger partial charge in [0.2, 0.25) is 5.88 Å². The van der Waals surface area contributed by atoms with Gasteiger partial charge in [0.05, 0.1) is 23.1 Å². The summed E-state index contributed by atoms with van der Waals surface area (Å²) in [5, 5.41) is 0.240. The molecule has 1 aliphatic carbocycles. The maximum absolute atomic E-state index is 5.72. The van der Waals surface area contributed by atoms with Crippen LogP contribution in [0.1, 0.15) is 64.0 Å². The van der Waals surface area contributed by atoms with Gasteiger partial charge in [-0.1, -0.05) is 30.7 Å². The van der Waals surface area contributed by atoms with Gasteiger partial charge in [-0.05, 0) is 44.6 Å². The first-order valence-corrected chi connectivity index (χ1v) is 9.64. The van der Waals surface area contributed by atoms with E-state index in [9.17, 15) is 0 Å². The number of unbranched alkanes of at least 4 members (excludes halogenated alkanes) is 1. The van der Waals surface area contributed by atoms with Crippen LogP contribution in [-0.4, -0.2) is 27.7 Å². The van der Waals surface area contributed by atoms with Crippen molar-refractivity contribution in [3.05, 3.63) is 23.2 Å². The summed E-state index contributed by atoms with van der Waals surface area (Å²) >= 11 is 1.80. The van der Waals surface area contributed by atoms with E-state index in [4.69, 9.17) is 9.73 Å². The van der Waals surface area contributed by atoms with Gasteiger partial charge in [-0.15, -0.1) is 0 Å². The van der Waals surface area contributed by atoms with Crippen molar-refractivity contribution in [2.75, 3.05) is 6.61 Å². The smallest absolute Gasteiger partial charge is 0.230 e. The predicted molar refractivity (Wildman–Crippen MR) is 93.4 cm³/mol. The lowest BCUT2D eigenvalue weighted by Crippen LogP contribution is -2.21. The number of dihydropyridines is 1. The molecular weight excluding hydrogens is 306 g/mol. The lowest BCUT2D eigenvalue weighted by molar-refractivity contribution is 0.316. The topological polar surface area (TPSA) is 47.4 Å². The van der Waals surface area contributed by atoms with Crippen molar-refractivity contribution in [3.63, 3.8) is 0 Å². The summed E-state index contributed by atoms with van der Waals surface area (Å²) in [4.78, 5) is 15.2. The summed E-state index contributed by atoms with van der Waals surface area (Å²) in [6, 6.07) is 0. The first kappa shape index (κ1) is 15.2. The molecule has 1 aromatic rings. The van der Waals surface area contributed by atoms with E-state index in [0.717, 1.165) is 22.9 Å². The van der Waals surface area contributed by atoms with Gasteiger partial charge >= 0.3 is 0 Å². The number of nitrogens with zero attached hydrogens (tertiary/aromatic N) is 3. The van der Waals surface area contributed by atoms with Gasteiger partial charge in [-0.3, -0.25) is 4.99 Å². The van der Waals surface area contributed by atoms with E-state index in [1.165, 1.54) is 37.8 Å². The van der Waals surface area contributed by atoms with Crippen LogP contribution in [0.4, 0.5) is 0 Å². The summed E-state index contributed by atoms with van der Waals surface area (Å²) in [5.41, 5.74) is 5.66. The summed E-state index contributed by atoms with van der Waals surface area (Å²) in [6.07, 6.45) is 8.90. The average Bonchev–Trinajstić information content (AvgIpc) is 3.17. The van der Waals surface area contributed by atoms with Crippen LogP contribution in [0.5, 0.6) is 5.88 Å². The number of allylic oxidation sites excluding steroid dienone is 1. The molecule has 2 unspecified atom stereocenters. The molecule has 23 heavy (non-hydrogen) atoms. The van der Waals surface area contributed by atoms with Gasteiger partial charge in [-0.2, -0.15) is 0 Å². The van der Waals surface area contributed by atoms with E-state index < -0.39 is 0 Å². The Labute approximate surface area is 141 Å². The molecule has 0 saturated carbocycles. The van der Waals surface area contributed by atoms with Crippen LogP contribution >= 0.6 is 11.8 Å². The molecule has 0 spiro atoms. The second-order valence-electron chi connectivity index (χ2n) is 6.35. The summed E-state index contributed by atoms with van der Waals surface area (Å²) < 4.78 is 5.72. The Hall–Kier alpha value is -1.36. The Kier molecular flexibility index (Phi) is 4.14. The van der Waals surface area contributed by atoms with E-state index in [-0.39, 0.29) is 5.37 Å². The zero-order chi connectivity index (χ0) is 15.8. The number of aliphatic imine (C=N–C) groups is 1. The lowest BCUT2D eigenvalue weighted by atomic mass is 9.87. The van der Waals surface area contributed by atoms with Crippen molar-refractivity contribution in [2.45, 2.75) is 68.6 Å². The number of thioether (sulfide) groups is 1. The fourth-order valence-corrected chi connectivity index (χ4v) is 5.30. The monoisotopic (exact) mass is 329 g/mol. The van der Waals surface area contributed by atoms with Crippen LogP contribution in [0.2, 0.25) is 0 Å². The molecule has 2 aliphatic heterocycles. The van der Waals surface area contributed by atoms with E-state index >= 15 is 0 Å². The Bertz CT molecular complexity index is 683. The molecule has 4 rings (SSSR count). The Morgan fingerprint density at radius 2 is 2.17 bits per heavy atom. The van der Waals surface area contributed by atoms with E-state index in [0.29, 0.717) is 12.5 Å². The number of rotatable bonds is 5. The Balaban J connectivity index is 1.73. The highest BCUT2D eigenvalue weighted by molar-refractivity contribution is 8.00. The maximum Gasteiger partial charge on any atom is 0.230 e. The molecule has 2 atom stereocenters. The quantitative estimate of drug-likeness (QED) is 0.797. The van der Waals surface area contributed by atoms with Gasteiger partial charge in [0, 0.05) is 5.71 Å². The first-order valence-electron chi connectivity index (χ1n) is 8.76. The molecule has 122 valence electrons. The third kappa shape index (κ3) is 2.49. The van der Waals surface area contributed by atoms with Crippen LogP contribution in [-0.2, 0) is 0 Å². The van der Waals surface area contributed by atoms with Crippen LogP contribution in [0.15, 0.2) is 27.4 Å². The van der Waals surface area contributed by atoms with Crippen molar-refractivity contribution in [1.82, 2.24) is 9.97 Å². The fraction of sp³-hybridized carbons (Fsp3) is 0.611. The number of hydrogen-bond acceptors (Lipinski definition) is 5. The van der Waals surface area contributed by atoms with Crippen molar-refractivity contribution in [3.8, 4) is 5.88 Å².